The minimum atomic E-state index is 0.471. The summed E-state index contributed by atoms with van der Waals surface area (Å²) < 4.78 is 0. The van der Waals surface area contributed by atoms with Crippen molar-refractivity contribution in [1.29, 1.82) is 5.26 Å². The number of benzene rings is 2. The number of carbonyl (C=O) groups is 2. The number of rotatable bonds is 12. The maximum atomic E-state index is 10.4. The van der Waals surface area contributed by atoms with Crippen LogP contribution in [0.25, 0.3) is 11.1 Å². The lowest BCUT2D eigenvalue weighted by Crippen LogP contribution is -2.44. The Labute approximate surface area is 264 Å². The molecule has 1 heterocycles. The summed E-state index contributed by atoms with van der Waals surface area (Å²) in [6, 6.07) is 18.1. The molecule has 2 aromatic carbocycles. The number of likely N-dealkylation sites (N-methyl/N-ethyl adjacent to an activating group) is 3. The van der Waals surface area contributed by atoms with Crippen LogP contribution < -0.4 is 5.32 Å². The second-order valence-corrected chi connectivity index (χ2v) is 10.6. The van der Waals surface area contributed by atoms with Gasteiger partial charge in [0.25, 0.3) is 0 Å². The molecule has 43 heavy (non-hydrogen) atoms. The van der Waals surface area contributed by atoms with E-state index in [9.17, 15) is 9.59 Å². The summed E-state index contributed by atoms with van der Waals surface area (Å²) in [6.45, 7) is 10.7. The Hall–Kier alpha value is -3.54. The molecule has 0 atom stereocenters. The van der Waals surface area contributed by atoms with Gasteiger partial charge >= 0.3 is 0 Å². The van der Waals surface area contributed by atoms with Crippen LogP contribution in [0.2, 0.25) is 0 Å². The molecule has 1 fully saturated rings. The van der Waals surface area contributed by atoms with Gasteiger partial charge in [0, 0.05) is 63.5 Å². The Morgan fingerprint density at radius 1 is 1.05 bits per heavy atom. The first-order valence-corrected chi connectivity index (χ1v) is 15.1. The lowest BCUT2D eigenvalue weighted by Gasteiger charge is -2.31. The quantitative estimate of drug-likeness (QED) is 0.252. The molecule has 8 heteroatoms. The average molecular weight is 606 g/mol. The topological polar surface area (TPSA) is 79.7 Å². The highest BCUT2D eigenvalue weighted by atomic mass is 35.5. The van der Waals surface area contributed by atoms with E-state index >= 15 is 0 Å². The highest BCUT2D eigenvalue weighted by molar-refractivity contribution is 6.31. The number of nitrogens with zero attached hydrogens (tertiary/aromatic N) is 4. The summed E-state index contributed by atoms with van der Waals surface area (Å²) in [5.41, 5.74) is 5.09. The summed E-state index contributed by atoms with van der Waals surface area (Å²) >= 11 is 5.79. The van der Waals surface area contributed by atoms with Crippen LogP contribution >= 0.6 is 11.6 Å². The van der Waals surface area contributed by atoms with Crippen LogP contribution in [0.4, 0.5) is 0 Å². The molecule has 1 saturated heterocycles. The largest absolute Gasteiger partial charge is 0.388 e. The van der Waals surface area contributed by atoms with Gasteiger partial charge < -0.3 is 24.7 Å². The fourth-order valence-electron chi connectivity index (χ4n) is 4.09. The predicted octanol–water partition coefficient (Wildman–Crippen LogP) is 5.53. The van der Waals surface area contributed by atoms with Crippen molar-refractivity contribution in [2.45, 2.75) is 26.7 Å². The zero-order valence-electron chi connectivity index (χ0n) is 26.4. The number of allylic oxidation sites excluding steroid dienone is 5. The molecule has 0 saturated carbocycles. The van der Waals surface area contributed by atoms with Crippen molar-refractivity contribution >= 4 is 24.2 Å². The van der Waals surface area contributed by atoms with E-state index in [0.29, 0.717) is 18.5 Å². The van der Waals surface area contributed by atoms with Crippen LogP contribution in [-0.2, 0) is 16.0 Å². The number of hydrogen-bond donors (Lipinski definition) is 1. The zero-order valence-corrected chi connectivity index (χ0v) is 27.2. The average Bonchev–Trinajstić information content (AvgIpc) is 3.04. The fraction of sp³-hybridized carbons (Fsp3) is 0.400. The molecule has 0 amide bonds. The number of halogens is 1. The molecule has 0 aromatic heterocycles. The predicted molar refractivity (Wildman–Crippen MR) is 180 cm³/mol. The number of nitrogens with one attached hydrogen (secondary N) is 1. The molecular formula is C35H48ClN5O2. The second kappa shape index (κ2) is 23.0. The maximum absolute atomic E-state index is 10.4. The van der Waals surface area contributed by atoms with Crippen LogP contribution in [0.15, 0.2) is 83.6 Å². The second-order valence-electron chi connectivity index (χ2n) is 10.2. The standard InChI is InChI=1S/C18H18N2O.C9H14ClN.C8H16N2O/c1-20(11-12-21)10-9-15-5-7-17(8-6-15)18-4-2-3-16(13-18)14-19;1-4-6-9(11-3)7-8(10)5-2;1-9-4-6-10(7-5-9)3-2-8-11/h2-8,12-13H,9-11H2,1H3;4-7,11H,1-3H3;8H,2-7H2,1H3/b;6-4+,8-5+,9-7+;. The van der Waals surface area contributed by atoms with E-state index in [-0.39, 0.29) is 0 Å². The van der Waals surface area contributed by atoms with Gasteiger partial charge in [-0.2, -0.15) is 5.26 Å². The summed E-state index contributed by atoms with van der Waals surface area (Å²) in [7, 11) is 5.94. The number of hydrogen-bond acceptors (Lipinski definition) is 7. The van der Waals surface area contributed by atoms with Crippen LogP contribution in [-0.4, -0.2) is 94.2 Å². The lowest BCUT2D eigenvalue weighted by molar-refractivity contribution is -0.109. The van der Waals surface area contributed by atoms with Crippen molar-refractivity contribution in [3.63, 3.8) is 0 Å². The van der Waals surface area contributed by atoms with E-state index in [4.69, 9.17) is 16.9 Å². The van der Waals surface area contributed by atoms with E-state index in [1.54, 1.807) is 6.07 Å². The Kier molecular flexibility index (Phi) is 20.0. The Bertz CT molecular complexity index is 1210. The molecule has 2 aromatic rings. The number of carbonyl (C=O) groups excluding carboxylic acids is 2. The van der Waals surface area contributed by atoms with Crippen molar-refractivity contribution in [3.05, 3.63) is 94.7 Å². The van der Waals surface area contributed by atoms with Crippen molar-refractivity contribution in [2.24, 2.45) is 0 Å². The molecule has 0 unspecified atom stereocenters. The molecule has 0 aliphatic carbocycles. The molecule has 1 N–H and O–H groups in total. The summed E-state index contributed by atoms with van der Waals surface area (Å²) in [5, 5.41) is 12.7. The van der Waals surface area contributed by atoms with Gasteiger partial charge in [0.05, 0.1) is 18.2 Å². The van der Waals surface area contributed by atoms with Gasteiger partial charge in [0.1, 0.15) is 12.6 Å². The van der Waals surface area contributed by atoms with Gasteiger partial charge in [-0.25, -0.2) is 0 Å². The first kappa shape index (κ1) is 37.5. The molecular weight excluding hydrogens is 558 g/mol. The fourth-order valence-corrected chi connectivity index (χ4v) is 4.21. The van der Waals surface area contributed by atoms with E-state index in [1.807, 2.05) is 75.3 Å². The number of nitriles is 1. The van der Waals surface area contributed by atoms with Crippen molar-refractivity contribution in [3.8, 4) is 17.2 Å². The SMILES string of the molecule is C/C=C/C(=C\C(Cl)=C/C)NC.CN(CC=O)CCc1ccc(-c2cccc(C#N)c2)cc1.CN1CCN(CCC=O)CC1. The minimum absolute atomic E-state index is 0.471. The molecule has 0 spiro atoms. The maximum Gasteiger partial charge on any atom is 0.133 e. The van der Waals surface area contributed by atoms with Crippen LogP contribution in [0, 0.1) is 11.3 Å². The van der Waals surface area contributed by atoms with Gasteiger partial charge in [-0.05, 0) is 75.3 Å². The normalized spacial score (nSPS) is 14.3. The van der Waals surface area contributed by atoms with Gasteiger partial charge in [-0.1, -0.05) is 60.2 Å². The van der Waals surface area contributed by atoms with Gasteiger partial charge in [0.2, 0.25) is 0 Å². The van der Waals surface area contributed by atoms with E-state index in [0.717, 1.165) is 80.1 Å². The highest BCUT2D eigenvalue weighted by Crippen LogP contribution is 2.21. The zero-order chi connectivity index (χ0) is 31.9. The van der Waals surface area contributed by atoms with Crippen LogP contribution in [0.3, 0.4) is 0 Å². The summed E-state index contributed by atoms with van der Waals surface area (Å²) in [4.78, 5) is 27.1. The monoisotopic (exact) mass is 605 g/mol. The van der Waals surface area contributed by atoms with Crippen molar-refractivity contribution < 1.29 is 9.59 Å². The third-order valence-electron chi connectivity index (χ3n) is 6.81. The molecule has 1 aliphatic heterocycles. The Morgan fingerprint density at radius 2 is 1.74 bits per heavy atom. The Morgan fingerprint density at radius 3 is 2.30 bits per heavy atom. The summed E-state index contributed by atoms with van der Waals surface area (Å²) in [6.07, 6.45) is 11.2. The molecule has 1 aliphatic rings. The van der Waals surface area contributed by atoms with E-state index < -0.39 is 0 Å². The third kappa shape index (κ3) is 16.6. The van der Waals surface area contributed by atoms with Gasteiger partial charge in [-0.3, -0.25) is 4.90 Å². The van der Waals surface area contributed by atoms with Gasteiger partial charge in [0.15, 0.2) is 0 Å². The van der Waals surface area contributed by atoms with Crippen molar-refractivity contribution in [2.75, 3.05) is 67.0 Å². The lowest BCUT2D eigenvalue weighted by atomic mass is 10.0. The smallest absolute Gasteiger partial charge is 0.133 e. The molecule has 232 valence electrons. The van der Waals surface area contributed by atoms with Crippen LogP contribution in [0.5, 0.6) is 0 Å². The molecule has 0 bridgehead atoms. The third-order valence-corrected chi connectivity index (χ3v) is 7.14. The molecule has 3 rings (SSSR count). The molecule has 7 nitrogen and oxygen atoms in total. The van der Waals surface area contributed by atoms with E-state index in [2.05, 4.69) is 52.5 Å². The summed E-state index contributed by atoms with van der Waals surface area (Å²) in [5.74, 6) is 0. The highest BCUT2D eigenvalue weighted by Gasteiger charge is 2.12. The van der Waals surface area contributed by atoms with Crippen molar-refractivity contribution in [1.82, 2.24) is 20.0 Å². The minimum Gasteiger partial charge on any atom is -0.388 e. The first-order chi connectivity index (χ1) is 20.8. The first-order valence-electron chi connectivity index (χ1n) is 14.7. The number of piperazine rings is 1. The van der Waals surface area contributed by atoms with Gasteiger partial charge in [-0.15, -0.1) is 0 Å². The molecule has 0 radical (unpaired) electrons. The number of aldehydes is 2. The van der Waals surface area contributed by atoms with Crippen LogP contribution in [0.1, 0.15) is 31.4 Å². The Balaban J connectivity index is 0.000000356. The van der Waals surface area contributed by atoms with E-state index in [1.165, 1.54) is 5.56 Å².